The topological polar surface area (TPSA) is 91.2 Å². The number of fused-ring (bicyclic) bond motifs is 1. The van der Waals surface area contributed by atoms with Gasteiger partial charge in [0.2, 0.25) is 0 Å². The highest BCUT2D eigenvalue weighted by Crippen LogP contribution is 2.59. The molecule has 7 heteroatoms. The maximum absolute atomic E-state index is 12.8. The molecule has 1 saturated heterocycles. The van der Waals surface area contributed by atoms with Crippen LogP contribution in [-0.4, -0.2) is 46.5 Å². The van der Waals surface area contributed by atoms with Crippen LogP contribution in [0.25, 0.3) is 11.0 Å². The molecule has 1 spiro atoms. The van der Waals surface area contributed by atoms with Gasteiger partial charge in [0.15, 0.2) is 5.76 Å². The number of aromatic amines is 1. The van der Waals surface area contributed by atoms with Crippen molar-refractivity contribution in [2.24, 2.45) is 17.3 Å². The van der Waals surface area contributed by atoms with E-state index in [1.807, 2.05) is 35.2 Å². The molecule has 3 aromatic rings. The van der Waals surface area contributed by atoms with Gasteiger partial charge in [-0.1, -0.05) is 32.0 Å². The third-order valence-electron chi connectivity index (χ3n) is 7.04. The number of carbonyl (C=O) groups is 2. The number of benzene rings is 1. The van der Waals surface area contributed by atoms with Gasteiger partial charge in [0.25, 0.3) is 11.8 Å². The van der Waals surface area contributed by atoms with Crippen molar-refractivity contribution in [2.45, 2.75) is 39.5 Å². The van der Waals surface area contributed by atoms with E-state index in [4.69, 9.17) is 4.42 Å². The molecule has 3 heterocycles. The average Bonchev–Trinajstić information content (AvgIpc) is 3.11. The molecule has 1 aromatic carbocycles. The number of hydrogen-bond donors (Lipinski definition) is 2. The maximum Gasteiger partial charge on any atom is 0.287 e. The molecule has 1 atom stereocenters. The third kappa shape index (κ3) is 4.04. The van der Waals surface area contributed by atoms with E-state index in [2.05, 4.69) is 29.4 Å². The number of furan rings is 1. The maximum atomic E-state index is 12.8. The Labute approximate surface area is 187 Å². The summed E-state index contributed by atoms with van der Waals surface area (Å²) >= 11 is 0. The van der Waals surface area contributed by atoms with Gasteiger partial charge in [-0.3, -0.25) is 14.7 Å². The van der Waals surface area contributed by atoms with Crippen molar-refractivity contribution in [1.82, 2.24) is 20.4 Å². The highest BCUT2D eigenvalue weighted by molar-refractivity contribution is 5.96. The first-order chi connectivity index (χ1) is 15.4. The van der Waals surface area contributed by atoms with Crippen LogP contribution in [0, 0.1) is 17.3 Å². The van der Waals surface area contributed by atoms with Crippen LogP contribution in [0.5, 0.6) is 0 Å². The first-order valence-electron chi connectivity index (χ1n) is 11.5. The molecule has 0 radical (unpaired) electrons. The summed E-state index contributed by atoms with van der Waals surface area (Å²) in [5.74, 6) is 1.22. The zero-order valence-electron chi connectivity index (χ0n) is 18.7. The molecule has 0 bridgehead atoms. The molecule has 168 valence electrons. The first kappa shape index (κ1) is 20.8. The smallest absolute Gasteiger partial charge is 0.287 e. The lowest BCUT2D eigenvalue weighted by Gasteiger charge is -2.32. The van der Waals surface area contributed by atoms with Gasteiger partial charge in [0.1, 0.15) is 11.3 Å². The van der Waals surface area contributed by atoms with Crippen molar-refractivity contribution < 1.29 is 14.0 Å². The molecule has 2 aromatic heterocycles. The number of H-pyrrole nitrogens is 1. The lowest BCUT2D eigenvalue weighted by molar-refractivity contribution is 0.0662. The number of nitrogens with zero attached hydrogens (tertiary/aromatic N) is 2. The summed E-state index contributed by atoms with van der Waals surface area (Å²) in [5.41, 5.74) is 2.52. The highest BCUT2D eigenvalue weighted by Gasteiger charge is 2.54. The molecule has 1 saturated carbocycles. The molecule has 5 rings (SSSR count). The summed E-state index contributed by atoms with van der Waals surface area (Å²) in [6, 6.07) is 11.3. The van der Waals surface area contributed by atoms with E-state index >= 15 is 0 Å². The second kappa shape index (κ2) is 8.11. The average molecular weight is 435 g/mol. The van der Waals surface area contributed by atoms with Crippen LogP contribution >= 0.6 is 0 Å². The minimum atomic E-state index is -0.160. The van der Waals surface area contributed by atoms with Crippen LogP contribution < -0.4 is 5.32 Å². The van der Waals surface area contributed by atoms with Gasteiger partial charge in [0.05, 0.1) is 5.69 Å². The number of para-hydroxylation sites is 1. The Morgan fingerprint density at radius 1 is 1.25 bits per heavy atom. The minimum absolute atomic E-state index is 0.0396. The fourth-order valence-corrected chi connectivity index (χ4v) is 5.05. The molecule has 1 unspecified atom stereocenters. The Kier molecular flexibility index (Phi) is 5.27. The summed E-state index contributed by atoms with van der Waals surface area (Å²) in [7, 11) is 0. The molecule has 2 aliphatic rings. The fourth-order valence-electron chi connectivity index (χ4n) is 5.05. The Balaban J connectivity index is 1.11. The number of rotatable bonds is 6. The van der Waals surface area contributed by atoms with E-state index in [9.17, 15) is 9.59 Å². The molecule has 7 nitrogen and oxygen atoms in total. The van der Waals surface area contributed by atoms with Crippen LogP contribution in [0.1, 0.15) is 59.8 Å². The minimum Gasteiger partial charge on any atom is -0.451 e. The standard InChI is InChI=1S/C25H30N4O3/c1-16(2)11-19-13-20(28-27-19)24(31)29-9-7-25(8-10-29)14-18(25)15-26-23(30)22-12-17-5-3-4-6-21(17)32-22/h3-6,12-13,16,18H,7-11,14-15H2,1-2H3,(H,26,30)(H,27,28). The molecule has 2 fully saturated rings. The number of amides is 2. The number of hydrogen-bond acceptors (Lipinski definition) is 4. The summed E-state index contributed by atoms with van der Waals surface area (Å²) in [6.45, 7) is 6.45. The SMILES string of the molecule is CC(C)Cc1cc(C(=O)N2CCC3(CC2)CC3CNC(=O)c2cc3ccccc3o2)[nH]n1. The van der Waals surface area contributed by atoms with Crippen molar-refractivity contribution in [3.8, 4) is 0 Å². The highest BCUT2D eigenvalue weighted by atomic mass is 16.3. The zero-order valence-corrected chi connectivity index (χ0v) is 18.7. The first-order valence-corrected chi connectivity index (χ1v) is 11.5. The summed E-state index contributed by atoms with van der Waals surface area (Å²) in [5, 5.41) is 11.2. The van der Waals surface area contributed by atoms with Crippen LogP contribution in [0.2, 0.25) is 0 Å². The van der Waals surface area contributed by atoms with E-state index in [1.165, 1.54) is 0 Å². The van der Waals surface area contributed by atoms with Gasteiger partial charge in [-0.15, -0.1) is 0 Å². The van der Waals surface area contributed by atoms with Gasteiger partial charge in [0, 0.05) is 25.0 Å². The molecule has 32 heavy (non-hydrogen) atoms. The number of aromatic nitrogens is 2. The van der Waals surface area contributed by atoms with E-state index in [0.717, 1.165) is 55.4 Å². The summed E-state index contributed by atoms with van der Waals surface area (Å²) < 4.78 is 5.66. The summed E-state index contributed by atoms with van der Waals surface area (Å²) in [6.07, 6.45) is 3.94. The lowest BCUT2D eigenvalue weighted by Crippen LogP contribution is -2.40. The molecule has 2 N–H and O–H groups in total. The van der Waals surface area contributed by atoms with Crippen molar-refractivity contribution in [2.75, 3.05) is 19.6 Å². The van der Waals surface area contributed by atoms with E-state index < -0.39 is 0 Å². The van der Waals surface area contributed by atoms with E-state index in [1.54, 1.807) is 6.07 Å². The second-order valence-electron chi connectivity index (χ2n) is 9.79. The van der Waals surface area contributed by atoms with Crippen LogP contribution in [0.3, 0.4) is 0 Å². The van der Waals surface area contributed by atoms with Crippen molar-refractivity contribution >= 4 is 22.8 Å². The molecule has 2 amide bonds. The Morgan fingerprint density at radius 2 is 2.03 bits per heavy atom. The van der Waals surface area contributed by atoms with Gasteiger partial charge >= 0.3 is 0 Å². The van der Waals surface area contributed by atoms with Crippen LogP contribution in [-0.2, 0) is 6.42 Å². The van der Waals surface area contributed by atoms with Crippen molar-refractivity contribution in [3.63, 3.8) is 0 Å². The number of piperidine rings is 1. The number of carbonyl (C=O) groups excluding carboxylic acids is 2. The Bertz CT molecular complexity index is 1100. The zero-order chi connectivity index (χ0) is 22.3. The van der Waals surface area contributed by atoms with Gasteiger partial charge < -0.3 is 14.6 Å². The Morgan fingerprint density at radius 3 is 2.78 bits per heavy atom. The molecular formula is C25H30N4O3. The number of likely N-dealkylation sites (tertiary alicyclic amines) is 1. The van der Waals surface area contributed by atoms with Gasteiger partial charge in [-0.05, 0) is 61.1 Å². The second-order valence-corrected chi connectivity index (χ2v) is 9.79. The monoisotopic (exact) mass is 434 g/mol. The molecule has 1 aliphatic carbocycles. The third-order valence-corrected chi connectivity index (χ3v) is 7.04. The number of nitrogens with one attached hydrogen (secondary N) is 2. The largest absolute Gasteiger partial charge is 0.451 e. The Hall–Kier alpha value is -3.09. The normalized spacial score (nSPS) is 19.6. The van der Waals surface area contributed by atoms with Gasteiger partial charge in [-0.2, -0.15) is 5.10 Å². The van der Waals surface area contributed by atoms with Crippen molar-refractivity contribution in [3.05, 3.63) is 53.5 Å². The molecular weight excluding hydrogens is 404 g/mol. The van der Waals surface area contributed by atoms with Crippen LogP contribution in [0.4, 0.5) is 0 Å². The fraction of sp³-hybridized carbons (Fsp3) is 0.480. The summed E-state index contributed by atoms with van der Waals surface area (Å²) in [4.78, 5) is 27.3. The van der Waals surface area contributed by atoms with Crippen molar-refractivity contribution in [1.29, 1.82) is 0 Å². The predicted molar refractivity (Wildman–Crippen MR) is 121 cm³/mol. The predicted octanol–water partition coefficient (Wildman–Crippen LogP) is 4.03. The van der Waals surface area contributed by atoms with Crippen LogP contribution in [0.15, 0.2) is 40.8 Å². The lowest BCUT2D eigenvalue weighted by atomic mass is 9.90. The molecule has 1 aliphatic heterocycles. The van der Waals surface area contributed by atoms with E-state index in [0.29, 0.717) is 29.8 Å². The van der Waals surface area contributed by atoms with E-state index in [-0.39, 0.29) is 17.2 Å². The quantitative estimate of drug-likeness (QED) is 0.613. The van der Waals surface area contributed by atoms with Gasteiger partial charge in [-0.25, -0.2) is 0 Å².